The summed E-state index contributed by atoms with van der Waals surface area (Å²) in [6, 6.07) is 0. The minimum atomic E-state index is -0.0794. The average molecular weight is 307 g/mol. The van der Waals surface area contributed by atoms with Crippen molar-refractivity contribution in [2.24, 2.45) is 0 Å². The fourth-order valence-electron chi connectivity index (χ4n) is 3.79. The first kappa shape index (κ1) is 16.9. The molecule has 3 saturated heterocycles. The number of rotatable bonds is 9. The number of carbonyl (C=O) groups is 2. The summed E-state index contributed by atoms with van der Waals surface area (Å²) in [5.41, 5.74) is 0. The van der Waals surface area contributed by atoms with Gasteiger partial charge in [0.25, 0.3) is 0 Å². The van der Waals surface area contributed by atoms with Gasteiger partial charge in [0, 0.05) is 12.8 Å². The molecule has 3 aliphatic rings. The number of ketones is 1. The Bertz CT molecular complexity index is 392. The SMILES string of the molecule is C=CC(=O)CCC[N+]12CC[N+](CCNC(=O)C=C)(CC1)CC2. The molecule has 0 aromatic carbocycles. The minimum absolute atomic E-state index is 0.0794. The summed E-state index contributed by atoms with van der Waals surface area (Å²) >= 11 is 0. The Morgan fingerprint density at radius 1 is 0.909 bits per heavy atom. The van der Waals surface area contributed by atoms with Crippen LogP contribution in [0.25, 0.3) is 0 Å². The quantitative estimate of drug-likeness (QED) is 0.498. The predicted molar refractivity (Wildman–Crippen MR) is 87.1 cm³/mol. The normalized spacial score (nSPS) is 29.8. The van der Waals surface area contributed by atoms with Gasteiger partial charge in [-0.1, -0.05) is 13.2 Å². The van der Waals surface area contributed by atoms with Gasteiger partial charge in [0.2, 0.25) is 5.91 Å². The first-order valence-corrected chi connectivity index (χ1v) is 8.29. The van der Waals surface area contributed by atoms with Gasteiger partial charge in [0.15, 0.2) is 5.78 Å². The zero-order chi connectivity index (χ0) is 16.1. The van der Waals surface area contributed by atoms with Crippen LogP contribution in [-0.2, 0) is 9.59 Å². The van der Waals surface area contributed by atoms with Crippen molar-refractivity contribution in [3.8, 4) is 0 Å². The highest BCUT2D eigenvalue weighted by atomic mass is 16.1. The number of amides is 1. The molecule has 0 spiro atoms. The fourth-order valence-corrected chi connectivity index (χ4v) is 3.79. The number of piperazine rings is 3. The zero-order valence-electron chi connectivity index (χ0n) is 13.6. The summed E-state index contributed by atoms with van der Waals surface area (Å²) in [5.74, 6) is 0.0829. The Hall–Kier alpha value is -1.46. The summed E-state index contributed by atoms with van der Waals surface area (Å²) in [6.07, 6.45) is 4.38. The number of quaternary nitrogens is 2. The Labute approximate surface area is 133 Å². The molecular weight excluding hydrogens is 278 g/mol. The van der Waals surface area contributed by atoms with Crippen LogP contribution in [0.1, 0.15) is 12.8 Å². The van der Waals surface area contributed by atoms with Gasteiger partial charge in [-0.2, -0.15) is 0 Å². The van der Waals surface area contributed by atoms with Gasteiger partial charge in [-0.05, 0) is 12.2 Å². The van der Waals surface area contributed by atoms with Gasteiger partial charge in [-0.25, -0.2) is 0 Å². The number of fused-ring (bicyclic) bond motifs is 3. The lowest BCUT2D eigenvalue weighted by atomic mass is 10.1. The van der Waals surface area contributed by atoms with Crippen molar-refractivity contribution in [1.82, 2.24) is 5.32 Å². The second-order valence-electron chi connectivity index (χ2n) is 6.74. The molecule has 3 rings (SSSR count). The van der Waals surface area contributed by atoms with Gasteiger partial charge >= 0.3 is 0 Å². The molecule has 3 aliphatic heterocycles. The summed E-state index contributed by atoms with van der Waals surface area (Å²) < 4.78 is 2.33. The Morgan fingerprint density at radius 3 is 1.95 bits per heavy atom. The molecule has 0 aromatic rings. The van der Waals surface area contributed by atoms with Crippen molar-refractivity contribution >= 4 is 11.7 Å². The maximum absolute atomic E-state index is 11.3. The van der Waals surface area contributed by atoms with Crippen molar-refractivity contribution in [3.63, 3.8) is 0 Å². The van der Waals surface area contributed by atoms with E-state index in [1.165, 1.54) is 55.9 Å². The van der Waals surface area contributed by atoms with Gasteiger partial charge < -0.3 is 14.3 Å². The standard InChI is InChI=1S/C17H28N3O2/c1-3-16(21)6-5-8-19-10-13-20(14-11-19,15-12-19)9-7-18-17(22)4-2/h3-4H,1-2,5-15H2/q+1/p+1. The van der Waals surface area contributed by atoms with Crippen molar-refractivity contribution in [1.29, 1.82) is 0 Å². The number of nitrogens with one attached hydrogen (secondary N) is 1. The highest BCUT2D eigenvalue weighted by Crippen LogP contribution is 2.26. The van der Waals surface area contributed by atoms with Crippen LogP contribution in [0.15, 0.2) is 25.3 Å². The van der Waals surface area contributed by atoms with E-state index in [-0.39, 0.29) is 11.7 Å². The molecule has 0 aromatic heterocycles. The lowest BCUT2D eigenvalue weighted by molar-refractivity contribution is -1.08. The second kappa shape index (κ2) is 7.20. The lowest BCUT2D eigenvalue weighted by Crippen LogP contribution is -2.75. The van der Waals surface area contributed by atoms with E-state index in [2.05, 4.69) is 18.5 Å². The summed E-state index contributed by atoms with van der Waals surface area (Å²) in [6.45, 7) is 17.1. The van der Waals surface area contributed by atoms with E-state index in [1.807, 2.05) is 0 Å². The molecule has 0 saturated carbocycles. The number of carbonyl (C=O) groups excluding carboxylic acids is 2. The van der Waals surface area contributed by atoms with Crippen LogP contribution in [0, 0.1) is 0 Å². The average Bonchev–Trinajstić information content (AvgIpc) is 2.56. The van der Waals surface area contributed by atoms with Gasteiger partial charge in [-0.15, -0.1) is 0 Å². The number of hydrogen-bond donors (Lipinski definition) is 1. The van der Waals surface area contributed by atoms with E-state index in [0.29, 0.717) is 6.42 Å². The van der Waals surface area contributed by atoms with E-state index in [1.54, 1.807) is 0 Å². The Morgan fingerprint density at radius 2 is 1.45 bits per heavy atom. The molecule has 5 heteroatoms. The van der Waals surface area contributed by atoms with Crippen LogP contribution < -0.4 is 5.32 Å². The highest BCUT2D eigenvalue weighted by molar-refractivity contribution is 5.88. The lowest BCUT2D eigenvalue weighted by Gasteiger charge is -2.55. The first-order chi connectivity index (χ1) is 10.5. The van der Waals surface area contributed by atoms with Crippen molar-refractivity contribution < 1.29 is 18.6 Å². The first-order valence-electron chi connectivity index (χ1n) is 8.29. The van der Waals surface area contributed by atoms with Crippen LogP contribution in [0.2, 0.25) is 0 Å². The van der Waals surface area contributed by atoms with Crippen molar-refractivity contribution in [3.05, 3.63) is 25.3 Å². The van der Waals surface area contributed by atoms with E-state index < -0.39 is 0 Å². The zero-order valence-corrected chi connectivity index (χ0v) is 13.6. The molecule has 22 heavy (non-hydrogen) atoms. The molecule has 2 bridgehead atoms. The molecule has 5 nitrogen and oxygen atoms in total. The summed E-state index contributed by atoms with van der Waals surface area (Å²) in [4.78, 5) is 22.6. The maximum atomic E-state index is 11.3. The van der Waals surface area contributed by atoms with Crippen LogP contribution >= 0.6 is 0 Å². The molecule has 122 valence electrons. The van der Waals surface area contributed by atoms with Gasteiger partial charge in [0.05, 0.1) is 19.6 Å². The molecule has 3 fully saturated rings. The highest BCUT2D eigenvalue weighted by Gasteiger charge is 2.48. The van der Waals surface area contributed by atoms with Crippen molar-refractivity contribution in [2.45, 2.75) is 12.8 Å². The van der Waals surface area contributed by atoms with Crippen LogP contribution in [-0.4, -0.2) is 79.6 Å². The molecular formula is C17H29N3O2+2. The fraction of sp³-hybridized carbons (Fsp3) is 0.647. The van der Waals surface area contributed by atoms with E-state index in [4.69, 9.17) is 0 Å². The molecule has 1 N–H and O–H groups in total. The van der Waals surface area contributed by atoms with Gasteiger partial charge in [-0.3, -0.25) is 9.59 Å². The number of hydrogen-bond acceptors (Lipinski definition) is 2. The number of nitrogens with zero attached hydrogens (tertiary/aromatic N) is 2. The third kappa shape index (κ3) is 4.05. The van der Waals surface area contributed by atoms with Crippen LogP contribution in [0.4, 0.5) is 0 Å². The molecule has 0 aliphatic carbocycles. The van der Waals surface area contributed by atoms with Crippen molar-refractivity contribution in [2.75, 3.05) is 58.9 Å². The largest absolute Gasteiger partial charge is 0.347 e. The summed E-state index contributed by atoms with van der Waals surface area (Å²) in [5, 5.41) is 2.89. The smallest absolute Gasteiger partial charge is 0.243 e. The minimum Gasteiger partial charge on any atom is -0.347 e. The predicted octanol–water partition coefficient (Wildman–Crippen LogP) is 0.485. The molecule has 0 unspecified atom stereocenters. The Balaban J connectivity index is 1.76. The summed E-state index contributed by atoms with van der Waals surface area (Å²) in [7, 11) is 0. The third-order valence-corrected chi connectivity index (χ3v) is 5.50. The second-order valence-corrected chi connectivity index (χ2v) is 6.74. The molecule has 3 heterocycles. The van der Waals surface area contributed by atoms with Gasteiger partial charge in [0.1, 0.15) is 39.3 Å². The van der Waals surface area contributed by atoms with E-state index >= 15 is 0 Å². The van der Waals surface area contributed by atoms with Crippen LogP contribution in [0.3, 0.4) is 0 Å². The number of allylic oxidation sites excluding steroid dienone is 1. The Kier molecular flexibility index (Phi) is 5.53. The topological polar surface area (TPSA) is 46.2 Å². The van der Waals surface area contributed by atoms with E-state index in [9.17, 15) is 9.59 Å². The molecule has 1 amide bonds. The third-order valence-electron chi connectivity index (χ3n) is 5.50. The molecule has 0 atom stereocenters. The maximum Gasteiger partial charge on any atom is 0.243 e. The monoisotopic (exact) mass is 307 g/mol. The van der Waals surface area contributed by atoms with E-state index in [0.717, 1.165) is 30.5 Å². The molecule has 0 radical (unpaired) electrons. The van der Waals surface area contributed by atoms with Crippen LogP contribution in [0.5, 0.6) is 0 Å².